The Morgan fingerprint density at radius 3 is 1.33 bits per heavy atom. The second-order valence-electron chi connectivity index (χ2n) is 4.53. The van der Waals surface area contributed by atoms with Crippen LogP contribution in [-0.2, 0) is 0 Å². The number of hydrogen-bond acceptors (Lipinski definition) is 2. The number of halogens is 6. The molecule has 0 aromatic heterocycles. The van der Waals surface area contributed by atoms with E-state index in [0.717, 1.165) is 26.8 Å². The second kappa shape index (κ2) is 9.55. The molecule has 0 unspecified atom stereocenters. The molecule has 2 rings (SSSR count). The lowest BCUT2D eigenvalue weighted by Gasteiger charge is -2.21. The molecule has 0 aliphatic heterocycles. The van der Waals surface area contributed by atoms with Crippen molar-refractivity contribution in [3.63, 3.8) is 0 Å². The third-order valence-corrected chi connectivity index (χ3v) is 6.02. The summed E-state index contributed by atoms with van der Waals surface area (Å²) in [5.74, 6) is 1.32. The van der Waals surface area contributed by atoms with Crippen molar-refractivity contribution in [1.29, 1.82) is 0 Å². The van der Waals surface area contributed by atoms with Crippen LogP contribution in [0.4, 0.5) is 0 Å². The second-order valence-corrected chi connectivity index (χ2v) is 9.78. The molecule has 0 fully saturated rings. The number of allylic oxidation sites excluding steroid dienone is 1. The van der Waals surface area contributed by atoms with E-state index < -0.39 is 6.29 Å². The maximum Gasteiger partial charge on any atom is 0.260 e. The van der Waals surface area contributed by atoms with Gasteiger partial charge in [0.2, 0.25) is 0 Å². The predicted molar refractivity (Wildman–Crippen MR) is 119 cm³/mol. The van der Waals surface area contributed by atoms with Crippen molar-refractivity contribution in [3.05, 3.63) is 63.3 Å². The molecule has 2 nitrogen and oxygen atoms in total. The fraction of sp³-hybridized carbons (Fsp3) is 0.125. The van der Waals surface area contributed by atoms with E-state index in [9.17, 15) is 0 Å². The van der Waals surface area contributed by atoms with E-state index in [-0.39, 0.29) is 0 Å². The first-order valence-corrected chi connectivity index (χ1v) is 11.3. The summed E-state index contributed by atoms with van der Waals surface area (Å²) in [6.45, 7) is 1.91. The van der Waals surface area contributed by atoms with Crippen LogP contribution in [0.15, 0.2) is 63.3 Å². The molecule has 0 spiro atoms. The van der Waals surface area contributed by atoms with Gasteiger partial charge >= 0.3 is 0 Å². The Morgan fingerprint density at radius 1 is 0.708 bits per heavy atom. The van der Waals surface area contributed by atoms with Crippen LogP contribution in [0.3, 0.4) is 0 Å². The number of ether oxygens (including phenoxy) is 2. The van der Waals surface area contributed by atoms with Crippen LogP contribution in [-0.4, -0.2) is 6.29 Å². The molecule has 0 aliphatic rings. The SMILES string of the molecule is CC=CC(Oc1c(Br)cc(Br)cc1Br)Oc1c(Br)cc(Br)cc1Br. The fourth-order valence-corrected chi connectivity index (χ4v) is 6.67. The van der Waals surface area contributed by atoms with Gasteiger partial charge in [0, 0.05) is 8.95 Å². The molecule has 0 radical (unpaired) electrons. The smallest absolute Gasteiger partial charge is 0.260 e. The van der Waals surface area contributed by atoms with Crippen molar-refractivity contribution in [2.75, 3.05) is 0 Å². The van der Waals surface area contributed by atoms with Crippen molar-refractivity contribution in [3.8, 4) is 11.5 Å². The molecule has 0 aliphatic carbocycles. The van der Waals surface area contributed by atoms with Gasteiger partial charge in [0.25, 0.3) is 6.29 Å². The first-order valence-electron chi connectivity index (χ1n) is 6.57. The van der Waals surface area contributed by atoms with Crippen molar-refractivity contribution < 1.29 is 9.47 Å². The zero-order valence-electron chi connectivity index (χ0n) is 12.1. The fourth-order valence-electron chi connectivity index (χ4n) is 1.78. The number of benzene rings is 2. The highest BCUT2D eigenvalue weighted by Gasteiger charge is 2.18. The van der Waals surface area contributed by atoms with Crippen LogP contribution in [0.2, 0.25) is 0 Å². The molecule has 0 heterocycles. The van der Waals surface area contributed by atoms with Crippen LogP contribution in [0.25, 0.3) is 0 Å². The lowest BCUT2D eigenvalue weighted by atomic mass is 10.3. The van der Waals surface area contributed by atoms with E-state index in [2.05, 4.69) is 95.6 Å². The van der Waals surface area contributed by atoms with Crippen molar-refractivity contribution in [2.24, 2.45) is 0 Å². The van der Waals surface area contributed by atoms with Crippen LogP contribution < -0.4 is 9.47 Å². The molecule has 0 atom stereocenters. The standard InChI is InChI=1S/C16H10Br6O2/c1-2-3-14(23-15-10(19)4-8(17)5-11(15)20)24-16-12(21)6-9(18)7-13(16)22/h2-7,14H,1H3. The van der Waals surface area contributed by atoms with E-state index >= 15 is 0 Å². The first kappa shape index (κ1) is 21.0. The third-order valence-electron chi connectivity index (χ3n) is 2.74. The van der Waals surface area contributed by atoms with Gasteiger partial charge in [0.15, 0.2) is 11.5 Å². The van der Waals surface area contributed by atoms with Gasteiger partial charge in [0.05, 0.1) is 17.9 Å². The average Bonchev–Trinajstić information content (AvgIpc) is 2.46. The molecule has 0 saturated carbocycles. The summed E-state index contributed by atoms with van der Waals surface area (Å²) < 4.78 is 17.2. The Bertz CT molecular complexity index is 670. The summed E-state index contributed by atoms with van der Waals surface area (Å²) in [6, 6.07) is 7.66. The Labute approximate surface area is 191 Å². The summed E-state index contributed by atoms with van der Waals surface area (Å²) in [6.07, 6.45) is 3.12. The Balaban J connectivity index is 2.32. The van der Waals surface area contributed by atoms with Gasteiger partial charge in [0.1, 0.15) is 0 Å². The highest BCUT2D eigenvalue weighted by atomic mass is 79.9. The van der Waals surface area contributed by atoms with Gasteiger partial charge in [-0.05, 0) is 101 Å². The highest BCUT2D eigenvalue weighted by molar-refractivity contribution is 9.12. The van der Waals surface area contributed by atoms with E-state index in [0.29, 0.717) is 11.5 Å². The zero-order chi connectivity index (χ0) is 17.9. The van der Waals surface area contributed by atoms with Gasteiger partial charge in [-0.1, -0.05) is 37.9 Å². The van der Waals surface area contributed by atoms with Gasteiger partial charge in [-0.25, -0.2) is 0 Å². The van der Waals surface area contributed by atoms with Gasteiger partial charge in [-0.3, -0.25) is 0 Å². The van der Waals surface area contributed by atoms with Crippen molar-refractivity contribution in [1.82, 2.24) is 0 Å². The van der Waals surface area contributed by atoms with E-state index in [4.69, 9.17) is 9.47 Å². The molecular formula is C16H10Br6O2. The molecule has 2 aromatic carbocycles. The zero-order valence-corrected chi connectivity index (χ0v) is 21.6. The van der Waals surface area contributed by atoms with Crippen molar-refractivity contribution >= 4 is 95.6 Å². The number of rotatable bonds is 5. The van der Waals surface area contributed by atoms with Crippen LogP contribution >= 0.6 is 95.6 Å². The topological polar surface area (TPSA) is 18.5 Å². The first-order chi connectivity index (χ1) is 11.3. The minimum atomic E-state index is -0.599. The summed E-state index contributed by atoms with van der Waals surface area (Å²) in [4.78, 5) is 0. The molecule has 0 saturated heterocycles. The summed E-state index contributed by atoms with van der Waals surface area (Å²) >= 11 is 20.9. The molecular weight excluding hydrogens is 704 g/mol. The van der Waals surface area contributed by atoms with E-state index in [1.807, 2.05) is 43.3 Å². The van der Waals surface area contributed by atoms with Crippen LogP contribution in [0.5, 0.6) is 11.5 Å². The third kappa shape index (κ3) is 5.58. The quantitative estimate of drug-likeness (QED) is 0.228. The lowest BCUT2D eigenvalue weighted by Crippen LogP contribution is -2.22. The van der Waals surface area contributed by atoms with Crippen LogP contribution in [0.1, 0.15) is 6.92 Å². The lowest BCUT2D eigenvalue weighted by molar-refractivity contribution is 0.0445. The van der Waals surface area contributed by atoms with Gasteiger partial charge < -0.3 is 9.47 Å². The maximum absolute atomic E-state index is 6.04. The average molecular weight is 714 g/mol. The van der Waals surface area contributed by atoms with Crippen molar-refractivity contribution in [2.45, 2.75) is 13.2 Å². The Kier molecular flexibility index (Phi) is 8.35. The Morgan fingerprint density at radius 2 is 1.04 bits per heavy atom. The normalized spacial score (nSPS) is 11.3. The molecule has 128 valence electrons. The largest absolute Gasteiger partial charge is 0.449 e. The molecule has 0 bridgehead atoms. The van der Waals surface area contributed by atoms with Crippen LogP contribution in [0, 0.1) is 0 Å². The maximum atomic E-state index is 6.04. The summed E-state index contributed by atoms with van der Waals surface area (Å²) in [5.41, 5.74) is 0. The molecule has 0 amide bonds. The Hall–Kier alpha value is 0.660. The van der Waals surface area contributed by atoms with E-state index in [1.165, 1.54) is 0 Å². The van der Waals surface area contributed by atoms with Gasteiger partial charge in [-0.15, -0.1) is 0 Å². The predicted octanol–water partition coefficient (Wildman–Crippen LogP) is 8.62. The minimum Gasteiger partial charge on any atom is -0.449 e. The molecule has 0 N–H and O–H groups in total. The molecule has 2 aromatic rings. The number of hydrogen-bond donors (Lipinski definition) is 0. The van der Waals surface area contributed by atoms with Gasteiger partial charge in [-0.2, -0.15) is 0 Å². The summed E-state index contributed by atoms with van der Waals surface area (Å²) in [7, 11) is 0. The highest BCUT2D eigenvalue weighted by Crippen LogP contribution is 2.40. The van der Waals surface area contributed by atoms with E-state index in [1.54, 1.807) is 0 Å². The molecule has 24 heavy (non-hydrogen) atoms. The molecule has 8 heteroatoms. The monoisotopic (exact) mass is 708 g/mol. The minimum absolute atomic E-state index is 0.599. The summed E-state index contributed by atoms with van der Waals surface area (Å²) in [5, 5.41) is 0.